The first kappa shape index (κ1) is 10.3. The molecule has 2 aliphatic carbocycles. The lowest BCUT2D eigenvalue weighted by Crippen LogP contribution is -2.15. The molecule has 0 fully saturated rings. The molecule has 0 bridgehead atoms. The molecule has 3 rings (SSSR count). The first-order chi connectivity index (χ1) is 8.42. The van der Waals surface area contributed by atoms with Gasteiger partial charge in [0.05, 0.1) is 6.61 Å². The molecule has 0 heterocycles. The molecule has 3 atom stereocenters. The van der Waals surface area contributed by atoms with Crippen molar-refractivity contribution in [2.45, 2.75) is 11.8 Å². The summed E-state index contributed by atoms with van der Waals surface area (Å²) in [6, 6.07) is 8.45. The van der Waals surface area contributed by atoms with Gasteiger partial charge in [-0.15, -0.1) is 0 Å². The number of hydrogen-bond acceptors (Lipinski definition) is 2. The lowest BCUT2D eigenvalue weighted by molar-refractivity contribution is -0.129. The molecule has 2 heteroatoms. The molecule has 0 aromatic heterocycles. The van der Waals surface area contributed by atoms with Gasteiger partial charge in [0.25, 0.3) is 6.47 Å². The minimum absolute atomic E-state index is 0.294. The average Bonchev–Trinajstić information content (AvgIpc) is 2.71. The summed E-state index contributed by atoms with van der Waals surface area (Å²) >= 11 is 0. The van der Waals surface area contributed by atoms with Crippen LogP contribution < -0.4 is 0 Å². The number of ether oxygens (including phenoxy) is 1. The molecule has 0 amide bonds. The Bertz CT molecular complexity index is 487. The zero-order valence-electron chi connectivity index (χ0n) is 9.45. The van der Waals surface area contributed by atoms with Gasteiger partial charge in [0.1, 0.15) is 0 Å². The highest BCUT2D eigenvalue weighted by Crippen LogP contribution is 2.49. The highest BCUT2D eigenvalue weighted by Gasteiger charge is 2.38. The van der Waals surface area contributed by atoms with Crippen molar-refractivity contribution >= 4 is 6.47 Å². The van der Waals surface area contributed by atoms with Crippen LogP contribution >= 0.6 is 0 Å². The predicted octanol–water partition coefficient (Wildman–Crippen LogP) is 2.78. The van der Waals surface area contributed by atoms with Crippen LogP contribution in [0.4, 0.5) is 0 Å². The SMILES string of the molecule is O=COCC1c2ccccc2C2C=CC=CC21. The van der Waals surface area contributed by atoms with Crippen molar-refractivity contribution in [2.24, 2.45) is 5.92 Å². The van der Waals surface area contributed by atoms with E-state index in [0.29, 0.717) is 30.8 Å². The van der Waals surface area contributed by atoms with E-state index >= 15 is 0 Å². The summed E-state index contributed by atoms with van der Waals surface area (Å²) in [4.78, 5) is 10.4. The molecule has 17 heavy (non-hydrogen) atoms. The van der Waals surface area contributed by atoms with Crippen molar-refractivity contribution in [3.63, 3.8) is 0 Å². The fraction of sp³-hybridized carbons (Fsp3) is 0.267. The van der Waals surface area contributed by atoms with Crippen molar-refractivity contribution in [1.29, 1.82) is 0 Å². The van der Waals surface area contributed by atoms with Crippen LogP contribution in [0.15, 0.2) is 48.6 Å². The molecule has 0 saturated heterocycles. The van der Waals surface area contributed by atoms with Gasteiger partial charge in [-0.05, 0) is 17.0 Å². The van der Waals surface area contributed by atoms with Gasteiger partial charge in [-0.3, -0.25) is 4.79 Å². The first-order valence-corrected chi connectivity index (χ1v) is 5.91. The standard InChI is InChI=1S/C15H14O2/c16-10-17-9-15-13-7-3-1-5-11(13)12-6-2-4-8-14(12)15/h1-8,10-11,13,15H,9H2. The van der Waals surface area contributed by atoms with E-state index in [0.717, 1.165) is 0 Å². The van der Waals surface area contributed by atoms with Crippen LogP contribution in [0.5, 0.6) is 0 Å². The van der Waals surface area contributed by atoms with Crippen LogP contribution in [0, 0.1) is 5.92 Å². The second-order valence-electron chi connectivity index (χ2n) is 4.54. The molecule has 1 aromatic rings. The van der Waals surface area contributed by atoms with E-state index in [2.05, 4.69) is 48.6 Å². The van der Waals surface area contributed by atoms with Gasteiger partial charge in [0, 0.05) is 11.8 Å². The number of rotatable bonds is 3. The Balaban J connectivity index is 2.00. The van der Waals surface area contributed by atoms with Gasteiger partial charge in [0.15, 0.2) is 0 Å². The highest BCUT2D eigenvalue weighted by molar-refractivity contribution is 5.47. The van der Waals surface area contributed by atoms with Crippen molar-refractivity contribution in [2.75, 3.05) is 6.61 Å². The maximum absolute atomic E-state index is 10.4. The maximum atomic E-state index is 10.4. The van der Waals surface area contributed by atoms with Crippen LogP contribution in [-0.2, 0) is 9.53 Å². The number of carbonyl (C=O) groups excluding carboxylic acids is 1. The van der Waals surface area contributed by atoms with Gasteiger partial charge in [0.2, 0.25) is 0 Å². The summed E-state index contributed by atoms with van der Waals surface area (Å²) in [7, 11) is 0. The summed E-state index contributed by atoms with van der Waals surface area (Å²) in [5.74, 6) is 1.16. The number of hydrogen-bond donors (Lipinski definition) is 0. The Morgan fingerprint density at radius 3 is 2.71 bits per heavy atom. The van der Waals surface area contributed by atoms with E-state index in [1.165, 1.54) is 11.1 Å². The molecule has 86 valence electrons. The van der Waals surface area contributed by atoms with Crippen LogP contribution in [0.1, 0.15) is 23.0 Å². The fourth-order valence-electron chi connectivity index (χ4n) is 3.02. The molecule has 0 aliphatic heterocycles. The summed E-state index contributed by atoms with van der Waals surface area (Å²) in [6.07, 6.45) is 8.65. The summed E-state index contributed by atoms with van der Waals surface area (Å²) < 4.78 is 4.98. The predicted molar refractivity (Wildman–Crippen MR) is 65.7 cm³/mol. The number of carbonyl (C=O) groups is 1. The van der Waals surface area contributed by atoms with E-state index in [1.54, 1.807) is 0 Å². The molecule has 0 radical (unpaired) electrons. The third-order valence-electron chi connectivity index (χ3n) is 3.74. The Morgan fingerprint density at radius 2 is 1.88 bits per heavy atom. The Morgan fingerprint density at radius 1 is 1.12 bits per heavy atom. The van der Waals surface area contributed by atoms with Gasteiger partial charge >= 0.3 is 0 Å². The van der Waals surface area contributed by atoms with Gasteiger partial charge < -0.3 is 4.74 Å². The first-order valence-electron chi connectivity index (χ1n) is 5.91. The molecule has 2 aliphatic rings. The number of benzene rings is 1. The third kappa shape index (κ3) is 1.60. The maximum Gasteiger partial charge on any atom is 0.293 e. The van der Waals surface area contributed by atoms with Crippen molar-refractivity contribution in [3.05, 3.63) is 59.7 Å². The third-order valence-corrected chi connectivity index (χ3v) is 3.74. The van der Waals surface area contributed by atoms with Crippen LogP contribution in [0.3, 0.4) is 0 Å². The Hall–Kier alpha value is -1.83. The molecular weight excluding hydrogens is 212 g/mol. The normalized spacial score (nSPS) is 28.6. The average molecular weight is 226 g/mol. The molecule has 3 unspecified atom stereocenters. The van der Waals surface area contributed by atoms with E-state index in [1.807, 2.05) is 0 Å². The summed E-state index contributed by atoms with van der Waals surface area (Å²) in [5, 5.41) is 0. The highest BCUT2D eigenvalue weighted by atomic mass is 16.5. The second-order valence-corrected chi connectivity index (χ2v) is 4.54. The molecule has 0 saturated carbocycles. The van der Waals surface area contributed by atoms with Crippen molar-refractivity contribution in [1.82, 2.24) is 0 Å². The molecule has 0 N–H and O–H groups in total. The van der Waals surface area contributed by atoms with E-state index in [-0.39, 0.29) is 0 Å². The monoisotopic (exact) mass is 226 g/mol. The lowest BCUT2D eigenvalue weighted by Gasteiger charge is -2.21. The summed E-state index contributed by atoms with van der Waals surface area (Å²) in [6.45, 7) is 1.01. The largest absolute Gasteiger partial charge is 0.467 e. The van der Waals surface area contributed by atoms with Crippen LogP contribution in [0.2, 0.25) is 0 Å². The topological polar surface area (TPSA) is 26.3 Å². The number of fused-ring (bicyclic) bond motifs is 3. The van der Waals surface area contributed by atoms with Gasteiger partial charge in [-0.1, -0.05) is 48.6 Å². The Labute approximate surface area is 101 Å². The molecule has 2 nitrogen and oxygen atoms in total. The zero-order valence-corrected chi connectivity index (χ0v) is 9.45. The van der Waals surface area contributed by atoms with E-state index < -0.39 is 0 Å². The lowest BCUT2D eigenvalue weighted by atomic mass is 9.84. The van der Waals surface area contributed by atoms with Crippen molar-refractivity contribution in [3.8, 4) is 0 Å². The van der Waals surface area contributed by atoms with Crippen LogP contribution in [-0.4, -0.2) is 13.1 Å². The van der Waals surface area contributed by atoms with Gasteiger partial charge in [-0.25, -0.2) is 0 Å². The molecule has 1 aromatic carbocycles. The number of allylic oxidation sites excluding steroid dienone is 4. The summed E-state index contributed by atoms with van der Waals surface area (Å²) in [5.41, 5.74) is 2.69. The van der Waals surface area contributed by atoms with E-state index in [4.69, 9.17) is 4.74 Å². The minimum atomic E-state index is 0.294. The quantitative estimate of drug-likeness (QED) is 0.741. The molecular formula is C15H14O2. The second kappa shape index (κ2) is 4.21. The minimum Gasteiger partial charge on any atom is -0.467 e. The van der Waals surface area contributed by atoms with Crippen LogP contribution in [0.25, 0.3) is 0 Å². The Kier molecular flexibility index (Phi) is 2.56. The smallest absolute Gasteiger partial charge is 0.293 e. The zero-order chi connectivity index (χ0) is 11.7. The molecule has 0 spiro atoms. The van der Waals surface area contributed by atoms with Gasteiger partial charge in [-0.2, -0.15) is 0 Å². The van der Waals surface area contributed by atoms with E-state index in [9.17, 15) is 4.79 Å². The van der Waals surface area contributed by atoms with Crippen molar-refractivity contribution < 1.29 is 9.53 Å². The fourth-order valence-corrected chi connectivity index (χ4v) is 3.02.